The van der Waals surface area contributed by atoms with Gasteiger partial charge in [0, 0.05) is 29.7 Å². The molecule has 0 aliphatic carbocycles. The normalized spacial score (nSPS) is 22.0. The highest BCUT2D eigenvalue weighted by molar-refractivity contribution is 7.91. The number of hydrogen-bond donors (Lipinski definition) is 1. The summed E-state index contributed by atoms with van der Waals surface area (Å²) >= 11 is 0. The number of carbonyl (C=O) groups excluding carboxylic acids is 1. The van der Waals surface area contributed by atoms with Crippen LogP contribution in [0.2, 0.25) is 0 Å². The number of nitrogens with one attached hydrogen (secondary N) is 1. The Morgan fingerprint density at radius 1 is 1.24 bits per heavy atom. The van der Waals surface area contributed by atoms with Crippen molar-refractivity contribution in [2.45, 2.75) is 51.3 Å². The van der Waals surface area contributed by atoms with Gasteiger partial charge in [-0.3, -0.25) is 9.48 Å². The quantitative estimate of drug-likeness (QED) is 0.508. The molecular weight excluding hydrogens is 504 g/mol. The van der Waals surface area contributed by atoms with Crippen molar-refractivity contribution in [2.24, 2.45) is 0 Å². The van der Waals surface area contributed by atoms with E-state index >= 15 is 0 Å². The SMILES string of the molecule is Cc1cc(C(=O)N[C@@]2(C)CCS(=O)(=O)C2)cc2c1c(-c1cccc(OC(F)F)c1)nn2C1CCOCC1. The maximum atomic E-state index is 13.3. The summed E-state index contributed by atoms with van der Waals surface area (Å²) in [6.07, 6.45) is 1.86. The molecule has 2 aromatic carbocycles. The number of aromatic nitrogens is 2. The number of hydrogen-bond acceptors (Lipinski definition) is 6. The number of benzene rings is 2. The Labute approximate surface area is 213 Å². The number of ether oxygens (including phenoxy) is 2. The maximum absolute atomic E-state index is 13.3. The number of aryl methyl sites for hydroxylation is 1. The van der Waals surface area contributed by atoms with E-state index in [0.29, 0.717) is 36.5 Å². The monoisotopic (exact) mass is 533 g/mol. The van der Waals surface area contributed by atoms with Crippen LogP contribution in [0.15, 0.2) is 36.4 Å². The third kappa shape index (κ3) is 5.33. The summed E-state index contributed by atoms with van der Waals surface area (Å²) < 4.78 is 61.7. The molecule has 1 atom stereocenters. The van der Waals surface area contributed by atoms with Crippen molar-refractivity contribution >= 4 is 26.6 Å². The summed E-state index contributed by atoms with van der Waals surface area (Å²) in [5.74, 6) is -0.350. The first-order valence-corrected chi connectivity index (χ1v) is 14.0. The first-order chi connectivity index (χ1) is 17.5. The van der Waals surface area contributed by atoms with Crippen LogP contribution in [0, 0.1) is 6.92 Å². The van der Waals surface area contributed by atoms with Crippen molar-refractivity contribution in [1.29, 1.82) is 0 Å². The molecule has 0 bridgehead atoms. The van der Waals surface area contributed by atoms with E-state index in [9.17, 15) is 22.0 Å². The van der Waals surface area contributed by atoms with Gasteiger partial charge in [-0.05, 0) is 62.9 Å². The largest absolute Gasteiger partial charge is 0.435 e. The van der Waals surface area contributed by atoms with Gasteiger partial charge in [-0.2, -0.15) is 13.9 Å². The molecule has 2 saturated heterocycles. The summed E-state index contributed by atoms with van der Waals surface area (Å²) in [4.78, 5) is 13.3. The van der Waals surface area contributed by atoms with E-state index in [1.165, 1.54) is 12.1 Å². The van der Waals surface area contributed by atoms with E-state index in [0.717, 1.165) is 29.3 Å². The molecule has 3 heterocycles. The highest BCUT2D eigenvalue weighted by Gasteiger charge is 2.39. The summed E-state index contributed by atoms with van der Waals surface area (Å²) in [5, 5.41) is 8.65. The van der Waals surface area contributed by atoms with E-state index in [2.05, 4.69) is 10.1 Å². The number of alkyl halides is 2. The molecule has 2 aliphatic rings. The van der Waals surface area contributed by atoms with Gasteiger partial charge in [-0.1, -0.05) is 12.1 Å². The number of halogens is 2. The molecule has 0 saturated carbocycles. The van der Waals surface area contributed by atoms with E-state index in [1.54, 1.807) is 31.2 Å². The van der Waals surface area contributed by atoms with E-state index in [-0.39, 0.29) is 29.2 Å². The van der Waals surface area contributed by atoms with Crippen molar-refractivity contribution in [1.82, 2.24) is 15.1 Å². The Morgan fingerprint density at radius 2 is 2.00 bits per heavy atom. The lowest BCUT2D eigenvalue weighted by molar-refractivity contribution is -0.0498. The van der Waals surface area contributed by atoms with Gasteiger partial charge >= 0.3 is 6.61 Å². The first-order valence-electron chi connectivity index (χ1n) is 12.2. The van der Waals surface area contributed by atoms with Crippen molar-refractivity contribution in [3.63, 3.8) is 0 Å². The average molecular weight is 534 g/mol. The zero-order chi connectivity index (χ0) is 26.4. The number of carbonyl (C=O) groups is 1. The van der Waals surface area contributed by atoms with Crippen LogP contribution in [0.5, 0.6) is 5.75 Å². The molecule has 8 nitrogen and oxygen atoms in total. The van der Waals surface area contributed by atoms with E-state index < -0.39 is 22.0 Å². The fraction of sp³-hybridized carbons (Fsp3) is 0.462. The summed E-state index contributed by atoms with van der Waals surface area (Å²) in [5.41, 5.74) is 2.36. The van der Waals surface area contributed by atoms with Crippen molar-refractivity contribution < 1.29 is 31.5 Å². The Hall–Kier alpha value is -3.05. The van der Waals surface area contributed by atoms with Crippen LogP contribution < -0.4 is 10.1 Å². The van der Waals surface area contributed by atoms with Crippen molar-refractivity contribution in [3.8, 4) is 17.0 Å². The minimum atomic E-state index is -3.18. The van der Waals surface area contributed by atoms with Crippen molar-refractivity contribution in [3.05, 3.63) is 47.5 Å². The predicted octanol–water partition coefficient (Wildman–Crippen LogP) is 4.27. The molecular formula is C26H29F2N3O5S. The van der Waals surface area contributed by atoms with Gasteiger partial charge in [-0.25, -0.2) is 8.42 Å². The zero-order valence-corrected chi connectivity index (χ0v) is 21.5. The molecule has 2 aliphatic heterocycles. The number of amides is 1. The summed E-state index contributed by atoms with van der Waals surface area (Å²) in [7, 11) is -3.18. The fourth-order valence-electron chi connectivity index (χ4n) is 5.29. The second kappa shape index (κ2) is 9.68. The second-order valence-corrected chi connectivity index (χ2v) is 12.3. The topological polar surface area (TPSA) is 99.5 Å². The number of nitrogens with zero attached hydrogens (tertiary/aromatic N) is 2. The van der Waals surface area contributed by atoms with Gasteiger partial charge in [0.1, 0.15) is 11.4 Å². The van der Waals surface area contributed by atoms with Crippen LogP contribution in [0.25, 0.3) is 22.2 Å². The van der Waals surface area contributed by atoms with Crippen LogP contribution in [0.4, 0.5) is 8.78 Å². The molecule has 1 amide bonds. The fourth-order valence-corrected chi connectivity index (χ4v) is 7.38. The lowest BCUT2D eigenvalue weighted by Gasteiger charge is -2.25. The van der Waals surface area contributed by atoms with Crippen LogP contribution in [0.1, 0.15) is 48.1 Å². The second-order valence-electron chi connectivity index (χ2n) is 10.1. The highest BCUT2D eigenvalue weighted by atomic mass is 32.2. The van der Waals surface area contributed by atoms with Gasteiger partial charge in [-0.15, -0.1) is 0 Å². The molecule has 3 aromatic rings. The Bertz CT molecular complexity index is 1450. The third-order valence-electron chi connectivity index (χ3n) is 7.06. The van der Waals surface area contributed by atoms with Crippen LogP contribution >= 0.6 is 0 Å². The molecule has 0 spiro atoms. The number of fused-ring (bicyclic) bond motifs is 1. The Balaban J connectivity index is 1.58. The van der Waals surface area contributed by atoms with Gasteiger partial charge in [0.25, 0.3) is 5.91 Å². The molecule has 0 unspecified atom stereocenters. The molecule has 2 fully saturated rings. The Morgan fingerprint density at radius 3 is 2.68 bits per heavy atom. The molecule has 1 N–H and O–H groups in total. The van der Waals surface area contributed by atoms with Gasteiger partial charge in [0.05, 0.1) is 28.6 Å². The molecule has 37 heavy (non-hydrogen) atoms. The van der Waals surface area contributed by atoms with Crippen LogP contribution in [0.3, 0.4) is 0 Å². The van der Waals surface area contributed by atoms with Gasteiger partial charge < -0.3 is 14.8 Å². The molecule has 0 radical (unpaired) electrons. The smallest absolute Gasteiger partial charge is 0.387 e. The lowest BCUT2D eigenvalue weighted by Crippen LogP contribution is -2.46. The summed E-state index contributed by atoms with van der Waals surface area (Å²) in [6.45, 7) is 1.86. The highest BCUT2D eigenvalue weighted by Crippen LogP contribution is 2.36. The lowest BCUT2D eigenvalue weighted by atomic mass is 9.98. The molecule has 198 valence electrons. The number of rotatable bonds is 6. The molecule has 11 heteroatoms. The third-order valence-corrected chi connectivity index (χ3v) is 8.96. The van der Waals surface area contributed by atoms with Gasteiger partial charge in [0.2, 0.25) is 0 Å². The minimum absolute atomic E-state index is 0.0367. The van der Waals surface area contributed by atoms with Gasteiger partial charge in [0.15, 0.2) is 9.84 Å². The average Bonchev–Trinajstić information content (AvgIpc) is 3.36. The van der Waals surface area contributed by atoms with Crippen LogP contribution in [-0.4, -0.2) is 61.0 Å². The molecule has 1 aromatic heterocycles. The minimum Gasteiger partial charge on any atom is -0.435 e. The predicted molar refractivity (Wildman–Crippen MR) is 135 cm³/mol. The van der Waals surface area contributed by atoms with E-state index in [1.807, 2.05) is 11.6 Å². The summed E-state index contributed by atoms with van der Waals surface area (Å²) in [6, 6.07) is 9.99. The van der Waals surface area contributed by atoms with Crippen LogP contribution in [-0.2, 0) is 14.6 Å². The first kappa shape index (κ1) is 25.6. The standard InChI is InChI=1S/C26H29F2N3O5S/c1-16-12-18(24(32)29-26(2)8-11-37(33,34)15-26)14-21-22(16)23(30-31(21)19-6-9-35-10-7-19)17-4-3-5-20(13-17)36-25(27)28/h3-5,12-14,19,25H,6-11,15H2,1-2H3,(H,29,32)/t26-/m0/s1. The maximum Gasteiger partial charge on any atom is 0.387 e. The van der Waals surface area contributed by atoms with Crippen molar-refractivity contribution in [2.75, 3.05) is 24.7 Å². The van der Waals surface area contributed by atoms with E-state index in [4.69, 9.17) is 9.84 Å². The molecule has 5 rings (SSSR count). The number of sulfone groups is 1. The Kier molecular flexibility index (Phi) is 6.70. The zero-order valence-electron chi connectivity index (χ0n) is 20.7.